The van der Waals surface area contributed by atoms with E-state index in [2.05, 4.69) is 59.2 Å². The minimum atomic E-state index is 0.0553. The van der Waals surface area contributed by atoms with E-state index < -0.39 is 0 Å². The first-order valence-corrected chi connectivity index (χ1v) is 10.7. The topological polar surface area (TPSA) is 22.0 Å². The van der Waals surface area contributed by atoms with Crippen molar-refractivity contribution < 1.29 is 4.79 Å². The Kier molecular flexibility index (Phi) is 3.90. The van der Waals surface area contributed by atoms with Gasteiger partial charge in [0, 0.05) is 20.7 Å². The van der Waals surface area contributed by atoms with Crippen molar-refractivity contribution in [2.45, 2.75) is 9.79 Å². The van der Waals surface area contributed by atoms with Crippen LogP contribution in [-0.4, -0.2) is 10.4 Å². The number of fused-ring (bicyclic) bond motifs is 2. The molecule has 5 aromatic rings. The molecule has 2 nitrogen and oxygen atoms in total. The second kappa shape index (κ2) is 6.75. The van der Waals surface area contributed by atoms with Crippen molar-refractivity contribution in [3.8, 4) is 16.9 Å². The lowest BCUT2D eigenvalue weighted by atomic mass is 9.97. The molecule has 1 aromatic heterocycles. The summed E-state index contributed by atoms with van der Waals surface area (Å²) in [5, 5.41) is 1.00. The van der Waals surface area contributed by atoms with Crippen molar-refractivity contribution >= 4 is 28.4 Å². The average Bonchev–Trinajstić information content (AvgIpc) is 3.17. The zero-order valence-corrected chi connectivity index (χ0v) is 16.9. The molecule has 1 aliphatic rings. The normalized spacial score (nSPS) is 12.0. The summed E-state index contributed by atoms with van der Waals surface area (Å²) in [4.78, 5) is 16.2. The molecule has 2 heterocycles. The van der Waals surface area contributed by atoms with E-state index in [9.17, 15) is 4.79 Å². The van der Waals surface area contributed by atoms with Crippen molar-refractivity contribution in [2.24, 2.45) is 0 Å². The SMILES string of the molecule is O=C(c1ccccc1)c1c(-c2ccccc2)n2c3c(cccc13)Sc1ccccc1-2. The zero-order chi connectivity index (χ0) is 20.1. The van der Waals surface area contributed by atoms with Crippen molar-refractivity contribution in [1.29, 1.82) is 0 Å². The van der Waals surface area contributed by atoms with Crippen LogP contribution in [0, 0.1) is 0 Å². The first-order valence-electron chi connectivity index (χ1n) is 9.93. The predicted molar refractivity (Wildman–Crippen MR) is 123 cm³/mol. The minimum absolute atomic E-state index is 0.0553. The van der Waals surface area contributed by atoms with E-state index in [-0.39, 0.29) is 5.78 Å². The maximum atomic E-state index is 13.8. The lowest BCUT2D eigenvalue weighted by Gasteiger charge is -2.21. The fourth-order valence-corrected chi connectivity index (χ4v) is 5.40. The summed E-state index contributed by atoms with van der Waals surface area (Å²) in [6.45, 7) is 0. The molecule has 0 atom stereocenters. The Hall–Kier alpha value is -3.56. The van der Waals surface area contributed by atoms with Gasteiger partial charge in [-0.05, 0) is 23.8 Å². The highest BCUT2D eigenvalue weighted by molar-refractivity contribution is 7.99. The van der Waals surface area contributed by atoms with Gasteiger partial charge in [-0.1, -0.05) is 96.7 Å². The minimum Gasteiger partial charge on any atom is -0.306 e. The molecule has 0 fully saturated rings. The fourth-order valence-electron chi connectivity index (χ4n) is 4.31. The van der Waals surface area contributed by atoms with Crippen LogP contribution in [-0.2, 0) is 0 Å². The van der Waals surface area contributed by atoms with Crippen molar-refractivity contribution in [1.82, 2.24) is 4.57 Å². The van der Waals surface area contributed by atoms with Crippen LogP contribution in [0.1, 0.15) is 15.9 Å². The summed E-state index contributed by atoms with van der Waals surface area (Å²) in [7, 11) is 0. The van der Waals surface area contributed by atoms with Gasteiger partial charge in [0.15, 0.2) is 5.78 Å². The fraction of sp³-hybridized carbons (Fsp3) is 0. The van der Waals surface area contributed by atoms with E-state index in [1.165, 1.54) is 9.79 Å². The molecule has 0 unspecified atom stereocenters. The van der Waals surface area contributed by atoms with Crippen LogP contribution < -0.4 is 0 Å². The zero-order valence-electron chi connectivity index (χ0n) is 16.1. The van der Waals surface area contributed by atoms with Crippen LogP contribution in [0.2, 0.25) is 0 Å². The van der Waals surface area contributed by atoms with Gasteiger partial charge in [-0.3, -0.25) is 4.79 Å². The maximum absolute atomic E-state index is 13.8. The van der Waals surface area contributed by atoms with Gasteiger partial charge in [0.25, 0.3) is 0 Å². The quantitative estimate of drug-likeness (QED) is 0.297. The molecule has 1 aliphatic heterocycles. The average molecular weight is 404 g/mol. The molecule has 0 bridgehead atoms. The van der Waals surface area contributed by atoms with E-state index in [1.807, 2.05) is 48.5 Å². The molecule has 6 rings (SSSR count). The maximum Gasteiger partial charge on any atom is 0.195 e. The number of nitrogens with zero attached hydrogens (tertiary/aromatic N) is 1. The number of para-hydroxylation sites is 2. The van der Waals surface area contributed by atoms with Crippen LogP contribution in [0.4, 0.5) is 0 Å². The molecule has 0 amide bonds. The molecule has 0 N–H and O–H groups in total. The largest absolute Gasteiger partial charge is 0.306 e. The summed E-state index contributed by atoms with van der Waals surface area (Å²) in [5.41, 5.74) is 5.71. The van der Waals surface area contributed by atoms with Gasteiger partial charge in [0.2, 0.25) is 0 Å². The smallest absolute Gasteiger partial charge is 0.195 e. The molecular formula is C27H17NOS. The number of rotatable bonds is 3. The van der Waals surface area contributed by atoms with Crippen LogP contribution in [0.5, 0.6) is 0 Å². The van der Waals surface area contributed by atoms with E-state index >= 15 is 0 Å². The van der Waals surface area contributed by atoms with Gasteiger partial charge in [-0.15, -0.1) is 0 Å². The molecule has 3 heteroatoms. The standard InChI is InChI=1S/C27H17NOS/c29-27(19-12-5-2-6-13-19)24-20-14-9-17-23-26(20)28(21-15-7-8-16-22(21)30-23)25(24)18-10-3-1-4-11-18/h1-17H. The Morgan fingerprint density at radius 3 is 2.13 bits per heavy atom. The van der Waals surface area contributed by atoms with E-state index in [0.29, 0.717) is 5.56 Å². The van der Waals surface area contributed by atoms with Crippen molar-refractivity contribution in [3.63, 3.8) is 0 Å². The Bertz CT molecular complexity index is 1420. The molecule has 0 aliphatic carbocycles. The van der Waals surface area contributed by atoms with E-state index in [0.717, 1.165) is 33.4 Å². The molecule has 0 saturated heterocycles. The van der Waals surface area contributed by atoms with Gasteiger partial charge >= 0.3 is 0 Å². The molecule has 4 aromatic carbocycles. The highest BCUT2D eigenvalue weighted by atomic mass is 32.2. The van der Waals surface area contributed by atoms with E-state index in [4.69, 9.17) is 0 Å². The van der Waals surface area contributed by atoms with Crippen molar-refractivity contribution in [3.05, 3.63) is 114 Å². The number of ketones is 1. The lowest BCUT2D eigenvalue weighted by Crippen LogP contribution is -2.06. The molecule has 0 radical (unpaired) electrons. The molecule has 0 saturated carbocycles. The van der Waals surface area contributed by atoms with E-state index in [1.54, 1.807) is 11.8 Å². The Labute approximate surface area is 178 Å². The monoisotopic (exact) mass is 403 g/mol. The highest BCUT2D eigenvalue weighted by Gasteiger charge is 2.29. The van der Waals surface area contributed by atoms with Crippen LogP contribution >= 0.6 is 11.8 Å². The second-order valence-electron chi connectivity index (χ2n) is 7.34. The number of carbonyl (C=O) groups excluding carboxylic acids is 1. The first kappa shape index (κ1) is 17.3. The van der Waals surface area contributed by atoms with Crippen LogP contribution in [0.3, 0.4) is 0 Å². The van der Waals surface area contributed by atoms with Gasteiger partial charge in [-0.2, -0.15) is 0 Å². The molecule has 142 valence electrons. The Balaban J connectivity index is 1.78. The summed E-state index contributed by atoms with van der Waals surface area (Å²) < 4.78 is 2.28. The third-order valence-corrected chi connectivity index (χ3v) is 6.70. The summed E-state index contributed by atoms with van der Waals surface area (Å²) in [6, 6.07) is 34.5. The lowest BCUT2D eigenvalue weighted by molar-refractivity contribution is 0.104. The third kappa shape index (κ3) is 2.49. The van der Waals surface area contributed by atoms with Gasteiger partial charge in [0.1, 0.15) is 0 Å². The Morgan fingerprint density at radius 2 is 1.33 bits per heavy atom. The summed E-state index contributed by atoms with van der Waals surface area (Å²) in [6.07, 6.45) is 0. The van der Waals surface area contributed by atoms with Crippen LogP contribution in [0.15, 0.2) is 113 Å². The van der Waals surface area contributed by atoms with Gasteiger partial charge in [0.05, 0.1) is 22.5 Å². The predicted octanol–water partition coefficient (Wildman–Crippen LogP) is 6.99. The summed E-state index contributed by atoms with van der Waals surface area (Å²) >= 11 is 1.77. The molecular weight excluding hydrogens is 386 g/mol. The number of aromatic nitrogens is 1. The first-order chi connectivity index (χ1) is 14.8. The Morgan fingerprint density at radius 1 is 0.667 bits per heavy atom. The number of benzene rings is 4. The molecule has 30 heavy (non-hydrogen) atoms. The second-order valence-corrected chi connectivity index (χ2v) is 8.43. The highest BCUT2D eigenvalue weighted by Crippen LogP contribution is 2.48. The van der Waals surface area contributed by atoms with Crippen molar-refractivity contribution in [2.75, 3.05) is 0 Å². The molecule has 0 spiro atoms. The third-order valence-electron chi connectivity index (χ3n) is 5.59. The van der Waals surface area contributed by atoms with Crippen LogP contribution in [0.25, 0.3) is 27.8 Å². The van der Waals surface area contributed by atoms with Gasteiger partial charge in [-0.25, -0.2) is 0 Å². The number of carbonyl (C=O) groups is 1. The number of hydrogen-bond acceptors (Lipinski definition) is 2. The summed E-state index contributed by atoms with van der Waals surface area (Å²) in [5.74, 6) is 0.0553. The number of hydrogen-bond donors (Lipinski definition) is 0. The van der Waals surface area contributed by atoms with Gasteiger partial charge < -0.3 is 4.57 Å².